The summed E-state index contributed by atoms with van der Waals surface area (Å²) >= 11 is 0. The van der Waals surface area contributed by atoms with Crippen LogP contribution in [0.2, 0.25) is 0 Å². The highest BCUT2D eigenvalue weighted by Gasteiger charge is 2.16. The molecule has 3 aromatic rings. The van der Waals surface area contributed by atoms with Gasteiger partial charge in [-0.05, 0) is 24.3 Å². The minimum Gasteiger partial charge on any atom is -0.496 e. The number of H-pyrrole nitrogens is 2. The van der Waals surface area contributed by atoms with Gasteiger partial charge in [-0.1, -0.05) is 24.3 Å². The Balaban J connectivity index is 2.07. The maximum atomic E-state index is 12.1. The van der Waals surface area contributed by atoms with Gasteiger partial charge in [0.25, 0.3) is 5.56 Å². The van der Waals surface area contributed by atoms with Gasteiger partial charge in [0.15, 0.2) is 5.69 Å². The number of hydrogen-bond acceptors (Lipinski definition) is 5. The molecule has 3 rings (SSSR count). The highest BCUT2D eigenvalue weighted by molar-refractivity contribution is 5.93. The van der Waals surface area contributed by atoms with Crippen molar-refractivity contribution in [3.8, 4) is 17.0 Å². The third-order valence-corrected chi connectivity index (χ3v) is 3.52. The lowest BCUT2D eigenvalue weighted by Crippen LogP contribution is -1.97. The van der Waals surface area contributed by atoms with Crippen molar-refractivity contribution in [3.63, 3.8) is 0 Å². The Kier molecular flexibility index (Phi) is 4.42. The zero-order valence-electron chi connectivity index (χ0n) is 13.2. The van der Waals surface area contributed by atoms with Gasteiger partial charge < -0.3 is 9.84 Å². The summed E-state index contributed by atoms with van der Waals surface area (Å²) in [6.45, 7) is 0. The van der Waals surface area contributed by atoms with Gasteiger partial charge in [-0.15, -0.1) is 10.2 Å². The third-order valence-electron chi connectivity index (χ3n) is 3.52. The molecule has 0 aliphatic carbocycles. The molecule has 25 heavy (non-hydrogen) atoms. The Bertz CT molecular complexity index is 1000. The number of nitrogens with zero attached hydrogens (tertiary/aromatic N) is 2. The number of carbonyl (C=O) groups is 1. The average molecular weight is 338 g/mol. The SMILES string of the molecule is COc1ccccc1-c1[nH][nH]c(=O)c1N=Nc1ccccc1C(=O)O. The first-order chi connectivity index (χ1) is 12.1. The van der Waals surface area contributed by atoms with Crippen LogP contribution in [-0.4, -0.2) is 28.4 Å². The van der Waals surface area contributed by atoms with E-state index in [1.54, 1.807) is 36.4 Å². The Labute approximate surface area is 141 Å². The zero-order chi connectivity index (χ0) is 17.8. The summed E-state index contributed by atoms with van der Waals surface area (Å²) in [6, 6.07) is 13.3. The molecular weight excluding hydrogens is 324 g/mol. The zero-order valence-corrected chi connectivity index (χ0v) is 13.2. The average Bonchev–Trinajstić information content (AvgIpc) is 3.00. The van der Waals surface area contributed by atoms with Gasteiger partial charge in [-0.3, -0.25) is 15.0 Å². The molecule has 0 aliphatic rings. The largest absolute Gasteiger partial charge is 0.496 e. The highest BCUT2D eigenvalue weighted by atomic mass is 16.5. The van der Waals surface area contributed by atoms with Crippen molar-refractivity contribution in [2.24, 2.45) is 10.2 Å². The van der Waals surface area contributed by atoms with Crippen LogP contribution in [0.1, 0.15) is 10.4 Å². The monoisotopic (exact) mass is 338 g/mol. The first-order valence-electron chi connectivity index (χ1n) is 7.30. The number of azo groups is 1. The molecule has 0 radical (unpaired) electrons. The molecule has 1 aromatic heterocycles. The van der Waals surface area contributed by atoms with E-state index in [0.717, 1.165) is 0 Å². The van der Waals surface area contributed by atoms with Crippen LogP contribution in [0, 0.1) is 0 Å². The standard InChI is InChI=1S/C17H14N4O4/c1-25-13-9-5-3-7-11(13)14-15(16(22)21-19-14)20-18-12-8-4-2-6-10(12)17(23)24/h2-9H,1H3,(H,23,24)(H2,19,21,22). The first-order valence-corrected chi connectivity index (χ1v) is 7.30. The molecule has 0 spiro atoms. The normalized spacial score (nSPS) is 10.9. The third kappa shape index (κ3) is 3.18. The second-order valence-electron chi connectivity index (χ2n) is 5.03. The fraction of sp³-hybridized carbons (Fsp3) is 0.0588. The van der Waals surface area contributed by atoms with Gasteiger partial charge >= 0.3 is 5.97 Å². The van der Waals surface area contributed by atoms with Gasteiger partial charge in [-0.2, -0.15) is 0 Å². The van der Waals surface area contributed by atoms with Crippen molar-refractivity contribution in [1.82, 2.24) is 10.2 Å². The van der Waals surface area contributed by atoms with Crippen molar-refractivity contribution in [2.75, 3.05) is 7.11 Å². The van der Waals surface area contributed by atoms with Gasteiger partial charge in [0.05, 0.1) is 18.4 Å². The van der Waals surface area contributed by atoms with Crippen LogP contribution in [0.25, 0.3) is 11.3 Å². The number of aromatic carboxylic acids is 1. The molecule has 0 bridgehead atoms. The molecule has 8 heteroatoms. The van der Waals surface area contributed by atoms with Crippen LogP contribution < -0.4 is 10.3 Å². The maximum Gasteiger partial charge on any atom is 0.337 e. The van der Waals surface area contributed by atoms with Crippen molar-refractivity contribution in [2.45, 2.75) is 0 Å². The fourth-order valence-electron chi connectivity index (χ4n) is 2.34. The molecule has 0 atom stereocenters. The van der Waals surface area contributed by atoms with E-state index < -0.39 is 11.5 Å². The number of para-hydroxylation sites is 1. The Morgan fingerprint density at radius 2 is 1.76 bits per heavy atom. The van der Waals surface area contributed by atoms with Crippen LogP contribution >= 0.6 is 0 Å². The number of ether oxygens (including phenoxy) is 1. The predicted octanol–water partition coefficient (Wildman–Crippen LogP) is 3.49. The predicted molar refractivity (Wildman–Crippen MR) is 91.0 cm³/mol. The van der Waals surface area contributed by atoms with Crippen LogP contribution in [0.15, 0.2) is 63.6 Å². The minimum absolute atomic E-state index is 0.00273. The van der Waals surface area contributed by atoms with E-state index in [1.807, 2.05) is 0 Å². The molecular formula is C17H14N4O4. The number of aromatic nitrogens is 2. The van der Waals surface area contributed by atoms with E-state index in [9.17, 15) is 14.7 Å². The lowest BCUT2D eigenvalue weighted by atomic mass is 10.1. The maximum absolute atomic E-state index is 12.1. The number of carboxylic acids is 1. The van der Waals surface area contributed by atoms with E-state index in [4.69, 9.17) is 4.74 Å². The number of aromatic amines is 2. The summed E-state index contributed by atoms with van der Waals surface area (Å²) in [6.07, 6.45) is 0. The van der Waals surface area contributed by atoms with E-state index in [2.05, 4.69) is 20.4 Å². The van der Waals surface area contributed by atoms with Crippen LogP contribution in [0.5, 0.6) is 5.75 Å². The second-order valence-corrected chi connectivity index (χ2v) is 5.03. The number of carboxylic acid groups (broad SMARTS) is 1. The molecule has 0 saturated carbocycles. The number of hydrogen-bond donors (Lipinski definition) is 3. The van der Waals surface area contributed by atoms with Crippen LogP contribution in [0.3, 0.4) is 0 Å². The lowest BCUT2D eigenvalue weighted by Gasteiger charge is -2.06. The quantitative estimate of drug-likeness (QED) is 0.617. The van der Waals surface area contributed by atoms with Crippen molar-refractivity contribution in [3.05, 3.63) is 64.4 Å². The molecule has 8 nitrogen and oxygen atoms in total. The van der Waals surface area contributed by atoms with E-state index in [-0.39, 0.29) is 16.9 Å². The number of methoxy groups -OCH3 is 1. The smallest absolute Gasteiger partial charge is 0.337 e. The summed E-state index contributed by atoms with van der Waals surface area (Å²) < 4.78 is 5.29. The van der Waals surface area contributed by atoms with Gasteiger partial charge in [0.1, 0.15) is 11.4 Å². The molecule has 0 saturated heterocycles. The van der Waals surface area contributed by atoms with Crippen molar-refractivity contribution >= 4 is 17.3 Å². The number of benzene rings is 2. The number of rotatable bonds is 5. The Hall–Kier alpha value is -3.68. The Morgan fingerprint density at radius 3 is 2.52 bits per heavy atom. The minimum atomic E-state index is -1.12. The summed E-state index contributed by atoms with van der Waals surface area (Å²) in [5, 5.41) is 22.3. The van der Waals surface area contributed by atoms with E-state index >= 15 is 0 Å². The summed E-state index contributed by atoms with van der Waals surface area (Å²) in [5.41, 5.74) is 0.739. The van der Waals surface area contributed by atoms with Crippen LogP contribution in [0.4, 0.5) is 11.4 Å². The second kappa shape index (κ2) is 6.83. The lowest BCUT2D eigenvalue weighted by molar-refractivity contribution is 0.0697. The molecule has 0 unspecified atom stereocenters. The summed E-state index contributed by atoms with van der Waals surface area (Å²) in [5.74, 6) is -0.567. The molecule has 1 heterocycles. The highest BCUT2D eigenvalue weighted by Crippen LogP contribution is 2.33. The molecule has 3 N–H and O–H groups in total. The van der Waals surface area contributed by atoms with Crippen LogP contribution in [-0.2, 0) is 0 Å². The molecule has 0 aliphatic heterocycles. The van der Waals surface area contributed by atoms with Gasteiger partial charge in [0.2, 0.25) is 0 Å². The number of nitrogens with one attached hydrogen (secondary N) is 2. The summed E-state index contributed by atoms with van der Waals surface area (Å²) in [4.78, 5) is 23.3. The molecule has 2 aromatic carbocycles. The van der Waals surface area contributed by atoms with Crippen molar-refractivity contribution in [1.29, 1.82) is 0 Å². The topological polar surface area (TPSA) is 120 Å². The molecule has 0 amide bonds. The first kappa shape index (κ1) is 16.2. The van der Waals surface area contributed by atoms with E-state index in [0.29, 0.717) is 17.0 Å². The fourth-order valence-corrected chi connectivity index (χ4v) is 2.34. The molecule has 126 valence electrons. The van der Waals surface area contributed by atoms with Gasteiger partial charge in [0, 0.05) is 5.56 Å². The molecule has 0 fully saturated rings. The van der Waals surface area contributed by atoms with E-state index in [1.165, 1.54) is 19.2 Å². The summed E-state index contributed by atoms with van der Waals surface area (Å²) in [7, 11) is 1.52. The Morgan fingerprint density at radius 1 is 1.04 bits per heavy atom. The van der Waals surface area contributed by atoms with Crippen molar-refractivity contribution < 1.29 is 14.6 Å². The van der Waals surface area contributed by atoms with Gasteiger partial charge in [-0.25, -0.2) is 4.79 Å².